The lowest BCUT2D eigenvalue weighted by Crippen LogP contribution is -2.73. The molecule has 0 heterocycles. The van der Waals surface area contributed by atoms with Gasteiger partial charge in [0.1, 0.15) is 11.3 Å². The van der Waals surface area contributed by atoms with Gasteiger partial charge >= 0.3 is 42.7 Å². The fraction of sp³-hybridized carbons (Fsp3) is 0.714. The maximum Gasteiger partial charge on any atom is 0.454 e. The Hall–Kier alpha value is -2.70. The van der Waals surface area contributed by atoms with Gasteiger partial charge < -0.3 is 9.64 Å². The van der Waals surface area contributed by atoms with Crippen LogP contribution in [0.25, 0.3) is 0 Å². The minimum Gasteiger partial charge on any atom is -0.452 e. The molecule has 0 saturated heterocycles. The van der Waals surface area contributed by atoms with Crippen LogP contribution in [-0.2, 0) is 10.1 Å². The third-order valence-corrected chi connectivity index (χ3v) is 7.92. The highest BCUT2D eigenvalue weighted by Gasteiger charge is 2.96. The van der Waals surface area contributed by atoms with E-state index in [0.29, 0.717) is 0 Å². The first-order valence-corrected chi connectivity index (χ1v) is 16.3. The van der Waals surface area contributed by atoms with E-state index in [2.05, 4.69) is 30.4 Å². The summed E-state index contributed by atoms with van der Waals surface area (Å²) in [5.74, 6) is -25.1. The largest absolute Gasteiger partial charge is 0.454 e. The van der Waals surface area contributed by atoms with Gasteiger partial charge in [0.15, 0.2) is 0 Å². The van der Waals surface area contributed by atoms with Crippen LogP contribution >= 0.6 is 0 Å². The average Bonchev–Trinajstić information content (AvgIpc) is 2.95. The number of benzene rings is 1. The van der Waals surface area contributed by atoms with Gasteiger partial charge in [0.2, 0.25) is 11.2 Å². The normalized spacial score (nSPS) is 14.9. The first-order chi connectivity index (χ1) is 23.5. The van der Waals surface area contributed by atoms with Gasteiger partial charge in [-0.25, -0.2) is 0 Å². The second-order valence-electron chi connectivity index (χ2n) is 11.0. The first kappa shape index (κ1) is 50.3. The summed E-state index contributed by atoms with van der Waals surface area (Å²) >= 11 is 0. The summed E-state index contributed by atoms with van der Waals surface area (Å²) in [6.07, 6.45) is -33.4. The van der Waals surface area contributed by atoms with E-state index in [9.17, 15) is 91.8 Å². The maximum atomic E-state index is 14.1. The van der Waals surface area contributed by atoms with E-state index in [-0.39, 0.29) is 24.3 Å². The van der Waals surface area contributed by atoms with Gasteiger partial charge in [0, 0.05) is 0 Å². The molecule has 0 unspecified atom stereocenters. The molecule has 1 rings (SSSR count). The van der Waals surface area contributed by atoms with E-state index in [4.69, 9.17) is 4.55 Å². The molecule has 0 amide bonds. The molecule has 53 heavy (non-hydrogen) atoms. The lowest BCUT2D eigenvalue weighted by atomic mass is 9.66. The third-order valence-electron chi connectivity index (χ3n) is 7.05. The van der Waals surface area contributed by atoms with Crippen LogP contribution in [0.4, 0.5) is 83.4 Å². The Kier molecular flexibility index (Phi) is 16.9. The Bertz CT molecular complexity index is 1380. The van der Waals surface area contributed by atoms with Gasteiger partial charge in [-0.05, 0) is 63.2 Å². The van der Waals surface area contributed by atoms with E-state index in [1.807, 2.05) is 0 Å². The predicted molar refractivity (Wildman–Crippen MR) is 148 cm³/mol. The Morgan fingerprint density at radius 3 is 1.15 bits per heavy atom. The summed E-state index contributed by atoms with van der Waals surface area (Å²) < 4.78 is 290. The highest BCUT2D eigenvalue weighted by molar-refractivity contribution is 7.85. The molecule has 25 heteroatoms. The summed E-state index contributed by atoms with van der Waals surface area (Å²) in [6.45, 7) is 10.8. The molecule has 1 aromatic rings. The van der Waals surface area contributed by atoms with E-state index in [0.717, 1.165) is 0 Å². The summed E-state index contributed by atoms with van der Waals surface area (Å²) in [6, 6.07) is -0.918. The molecule has 0 radical (unpaired) electrons. The van der Waals surface area contributed by atoms with Crippen molar-refractivity contribution in [3.05, 3.63) is 35.6 Å². The number of unbranched alkanes of at least 4 members (excludes halogenated alkanes) is 3. The van der Waals surface area contributed by atoms with Crippen LogP contribution in [0.3, 0.4) is 0 Å². The van der Waals surface area contributed by atoms with Crippen molar-refractivity contribution in [2.75, 3.05) is 19.6 Å². The molecule has 0 atom stereocenters. The van der Waals surface area contributed by atoms with Gasteiger partial charge in [0.05, 0.1) is 4.90 Å². The summed E-state index contributed by atoms with van der Waals surface area (Å²) in [5.41, 5.74) is -15.1. The molecule has 0 fully saturated rings. The second kappa shape index (κ2) is 17.8. The van der Waals surface area contributed by atoms with Gasteiger partial charge in [-0.3, -0.25) is 4.55 Å². The minimum atomic E-state index is -9.15. The topological polar surface area (TPSA) is 66.8 Å². The number of ether oxygens (including phenoxy) is 1. The fourth-order valence-corrected chi connectivity index (χ4v) is 4.95. The van der Waals surface area contributed by atoms with Crippen molar-refractivity contribution in [3.8, 4) is 5.75 Å². The molecule has 1 aromatic carbocycles. The average molecular weight is 840 g/mol. The zero-order chi connectivity index (χ0) is 42.3. The smallest absolute Gasteiger partial charge is 0.452 e. The monoisotopic (exact) mass is 839 g/mol. The number of rotatable bonds is 15. The van der Waals surface area contributed by atoms with Crippen LogP contribution in [0.5, 0.6) is 5.75 Å². The SMILES string of the molecule is CCCCN(CCCC)CCCC.O=S(=O)(O)c1ccc(O/C(=C(\C(F)(F)F)C(C(F)(F)F)(C(F)(F)C(F)(F)F)C(F)(F)C(F)(F)F)C(F)(F)F)cc1. The summed E-state index contributed by atoms with van der Waals surface area (Å²) in [4.78, 5) is 1.27. The van der Waals surface area contributed by atoms with Crippen molar-refractivity contribution >= 4 is 10.1 Å². The Morgan fingerprint density at radius 2 is 0.925 bits per heavy atom. The fourth-order valence-electron chi connectivity index (χ4n) is 4.47. The van der Waals surface area contributed by atoms with Gasteiger partial charge in [0.25, 0.3) is 10.1 Å². The lowest BCUT2D eigenvalue weighted by molar-refractivity contribution is -0.457. The number of hydrogen-bond acceptors (Lipinski definition) is 4. The molecule has 0 spiro atoms. The Morgan fingerprint density at radius 1 is 0.585 bits per heavy atom. The molecule has 0 bridgehead atoms. The summed E-state index contributed by atoms with van der Waals surface area (Å²) in [5, 5.41) is 0. The van der Waals surface area contributed by atoms with Crippen LogP contribution < -0.4 is 4.74 Å². The van der Waals surface area contributed by atoms with E-state index in [1.165, 1.54) is 58.2 Å². The molecule has 0 aromatic heterocycles. The number of alkyl halides is 19. The molecule has 1 N–H and O–H groups in total. The van der Waals surface area contributed by atoms with Crippen LogP contribution in [0, 0.1) is 5.41 Å². The number of halogens is 19. The number of allylic oxidation sites excluding steroid dienone is 2. The lowest BCUT2D eigenvalue weighted by Gasteiger charge is -2.48. The van der Waals surface area contributed by atoms with Crippen molar-refractivity contribution in [2.24, 2.45) is 5.41 Å². The third kappa shape index (κ3) is 11.9. The molecule has 312 valence electrons. The van der Waals surface area contributed by atoms with Crippen molar-refractivity contribution in [1.82, 2.24) is 4.90 Å². The maximum absolute atomic E-state index is 14.1. The van der Waals surface area contributed by atoms with Crippen LogP contribution in [0.1, 0.15) is 59.3 Å². The quantitative estimate of drug-likeness (QED) is 0.108. The van der Waals surface area contributed by atoms with Crippen molar-refractivity contribution < 1.29 is 101 Å². The molecule has 0 aliphatic carbocycles. The molecular weight excluding hydrogens is 807 g/mol. The highest BCUT2D eigenvalue weighted by atomic mass is 32.2. The van der Waals surface area contributed by atoms with E-state index in [1.54, 1.807) is 0 Å². The van der Waals surface area contributed by atoms with Crippen molar-refractivity contribution in [2.45, 2.75) is 107 Å². The van der Waals surface area contributed by atoms with E-state index >= 15 is 0 Å². The number of nitrogens with zero attached hydrogens (tertiary/aromatic N) is 1. The number of hydrogen-bond donors (Lipinski definition) is 1. The highest BCUT2D eigenvalue weighted by Crippen LogP contribution is 2.72. The second-order valence-corrected chi connectivity index (χ2v) is 12.5. The molecule has 0 saturated carbocycles. The summed E-state index contributed by atoms with van der Waals surface area (Å²) in [7, 11) is -5.30. The van der Waals surface area contributed by atoms with Crippen molar-refractivity contribution in [3.63, 3.8) is 0 Å². The Labute approximate surface area is 289 Å². The van der Waals surface area contributed by atoms with Gasteiger partial charge in [-0.1, -0.05) is 40.0 Å². The van der Waals surface area contributed by atoms with Crippen LogP contribution in [-0.4, -0.2) is 80.2 Å². The van der Waals surface area contributed by atoms with Crippen LogP contribution in [0.2, 0.25) is 0 Å². The van der Waals surface area contributed by atoms with Gasteiger partial charge in [-0.15, -0.1) is 0 Å². The Balaban J connectivity index is 0.00000176. The molecular formula is C28H32F19NO4S. The van der Waals surface area contributed by atoms with Crippen LogP contribution in [0.15, 0.2) is 40.5 Å². The predicted octanol–water partition coefficient (Wildman–Crippen LogP) is 11.3. The van der Waals surface area contributed by atoms with Crippen molar-refractivity contribution in [1.29, 1.82) is 0 Å². The molecule has 0 aliphatic heterocycles. The first-order valence-electron chi connectivity index (χ1n) is 14.9. The standard InChI is InChI=1S/C16H5F19O4S.C12H27N/c17-10(18,19)7(8(11(20,21)22)39-5-1-3-6(4-2-5)40(36,37)38)9(14(27,28)29,12(23,24)15(30,31)32)13(25,26)16(33,34)35;1-4-7-10-13(11-8-5-2)12-9-6-3/h1-4H,(H,36,37,38);4-12H2,1-3H3/b8-7-;. The minimum absolute atomic E-state index is 0.127. The zero-order valence-electron chi connectivity index (χ0n) is 27.4. The van der Waals surface area contributed by atoms with E-state index < -0.39 is 80.2 Å². The van der Waals surface area contributed by atoms with Gasteiger partial charge in [-0.2, -0.15) is 91.8 Å². The molecule has 0 aliphatic rings. The molecule has 5 nitrogen and oxygen atoms in total. The zero-order valence-corrected chi connectivity index (χ0v) is 28.2.